The van der Waals surface area contributed by atoms with Gasteiger partial charge in [0.1, 0.15) is 5.76 Å². The summed E-state index contributed by atoms with van der Waals surface area (Å²) in [7, 11) is 0. The molecule has 2 heteroatoms. The minimum absolute atomic E-state index is 0.844. The minimum atomic E-state index is 0.844. The Kier molecular flexibility index (Phi) is 2.07. The van der Waals surface area contributed by atoms with E-state index in [0.29, 0.717) is 0 Å². The summed E-state index contributed by atoms with van der Waals surface area (Å²) in [6, 6.07) is 1.86. The normalized spacial score (nSPS) is 10.8. The van der Waals surface area contributed by atoms with Crippen LogP contribution in [0.4, 0.5) is 0 Å². The first-order valence-electron chi connectivity index (χ1n) is 2.94. The highest BCUT2D eigenvalue weighted by molar-refractivity contribution is 4.99. The van der Waals surface area contributed by atoms with E-state index in [2.05, 4.69) is 5.16 Å². The van der Waals surface area contributed by atoms with E-state index in [4.69, 9.17) is 4.52 Å². The molecule has 1 aromatic heterocycles. The third kappa shape index (κ3) is 1.72. The standard InChI is InChI=1S/C7H9NO/c1-2-3-4-7-5-6-8-9-7/h2-3,5-6H,4H2,1H3/b3-2-. The van der Waals surface area contributed by atoms with Crippen LogP contribution in [0.3, 0.4) is 0 Å². The fraction of sp³-hybridized carbons (Fsp3) is 0.286. The van der Waals surface area contributed by atoms with E-state index >= 15 is 0 Å². The largest absolute Gasteiger partial charge is 0.361 e. The van der Waals surface area contributed by atoms with E-state index in [-0.39, 0.29) is 0 Å². The Morgan fingerprint density at radius 1 is 1.78 bits per heavy atom. The fourth-order valence-electron chi connectivity index (χ4n) is 0.581. The molecule has 0 fully saturated rings. The highest BCUT2D eigenvalue weighted by Gasteiger charge is 1.89. The lowest BCUT2D eigenvalue weighted by Crippen LogP contribution is -1.71. The zero-order valence-electron chi connectivity index (χ0n) is 5.37. The highest BCUT2D eigenvalue weighted by Crippen LogP contribution is 1.97. The van der Waals surface area contributed by atoms with Gasteiger partial charge >= 0.3 is 0 Å². The van der Waals surface area contributed by atoms with Crippen molar-refractivity contribution in [2.45, 2.75) is 13.3 Å². The Labute approximate surface area is 54.2 Å². The molecule has 2 nitrogen and oxygen atoms in total. The predicted molar refractivity (Wildman–Crippen MR) is 35.0 cm³/mol. The van der Waals surface area contributed by atoms with Crippen LogP contribution in [0.15, 0.2) is 28.9 Å². The first kappa shape index (κ1) is 6.08. The molecule has 0 aromatic carbocycles. The van der Waals surface area contributed by atoms with Gasteiger partial charge in [-0.1, -0.05) is 17.3 Å². The van der Waals surface area contributed by atoms with Crippen LogP contribution >= 0.6 is 0 Å². The Hall–Kier alpha value is -1.05. The SMILES string of the molecule is C/C=C\Cc1ccno1. The second-order valence-electron chi connectivity index (χ2n) is 1.75. The van der Waals surface area contributed by atoms with Gasteiger partial charge in [0.2, 0.25) is 0 Å². The summed E-state index contributed by atoms with van der Waals surface area (Å²) in [5, 5.41) is 3.57. The Bertz CT molecular complexity index is 177. The summed E-state index contributed by atoms with van der Waals surface area (Å²) in [6.07, 6.45) is 6.51. The molecular weight excluding hydrogens is 114 g/mol. The lowest BCUT2D eigenvalue weighted by atomic mass is 10.3. The van der Waals surface area contributed by atoms with Gasteiger partial charge in [0, 0.05) is 12.5 Å². The van der Waals surface area contributed by atoms with Crippen molar-refractivity contribution in [2.24, 2.45) is 0 Å². The van der Waals surface area contributed by atoms with Gasteiger partial charge in [-0.05, 0) is 6.92 Å². The molecule has 0 atom stereocenters. The lowest BCUT2D eigenvalue weighted by Gasteiger charge is -1.81. The first-order chi connectivity index (χ1) is 4.43. The third-order valence-electron chi connectivity index (χ3n) is 1.05. The molecule has 48 valence electrons. The van der Waals surface area contributed by atoms with E-state index in [1.165, 1.54) is 0 Å². The maximum atomic E-state index is 4.83. The monoisotopic (exact) mass is 123 g/mol. The molecule has 0 saturated carbocycles. The van der Waals surface area contributed by atoms with Crippen molar-refractivity contribution in [3.8, 4) is 0 Å². The fourth-order valence-corrected chi connectivity index (χ4v) is 0.581. The maximum absolute atomic E-state index is 4.83. The van der Waals surface area contributed by atoms with Gasteiger partial charge in [0.25, 0.3) is 0 Å². The Morgan fingerprint density at radius 3 is 3.22 bits per heavy atom. The first-order valence-corrected chi connectivity index (χ1v) is 2.94. The zero-order valence-corrected chi connectivity index (χ0v) is 5.37. The van der Waals surface area contributed by atoms with Crippen molar-refractivity contribution in [2.75, 3.05) is 0 Å². The number of aromatic nitrogens is 1. The van der Waals surface area contributed by atoms with Crippen molar-refractivity contribution >= 4 is 0 Å². The van der Waals surface area contributed by atoms with Crippen LogP contribution in [0, 0.1) is 0 Å². The molecule has 0 radical (unpaired) electrons. The second kappa shape index (κ2) is 3.07. The number of hydrogen-bond acceptors (Lipinski definition) is 2. The quantitative estimate of drug-likeness (QED) is 0.560. The van der Waals surface area contributed by atoms with Crippen molar-refractivity contribution < 1.29 is 4.52 Å². The van der Waals surface area contributed by atoms with E-state index in [1.807, 2.05) is 25.1 Å². The number of rotatable bonds is 2. The Morgan fingerprint density at radius 2 is 2.67 bits per heavy atom. The summed E-state index contributed by atoms with van der Waals surface area (Å²) >= 11 is 0. The molecule has 0 unspecified atom stereocenters. The Balaban J connectivity index is 2.48. The molecule has 0 spiro atoms. The van der Waals surface area contributed by atoms with E-state index in [9.17, 15) is 0 Å². The molecule has 0 aliphatic heterocycles. The van der Waals surface area contributed by atoms with E-state index in [1.54, 1.807) is 6.20 Å². The predicted octanol–water partition coefficient (Wildman–Crippen LogP) is 1.79. The molecule has 1 rings (SSSR count). The molecule has 1 aromatic rings. The highest BCUT2D eigenvalue weighted by atomic mass is 16.5. The lowest BCUT2D eigenvalue weighted by molar-refractivity contribution is 0.390. The summed E-state index contributed by atoms with van der Waals surface area (Å²) < 4.78 is 4.83. The third-order valence-corrected chi connectivity index (χ3v) is 1.05. The molecule has 9 heavy (non-hydrogen) atoms. The molecule has 0 aliphatic carbocycles. The van der Waals surface area contributed by atoms with Crippen molar-refractivity contribution in [3.05, 3.63) is 30.2 Å². The van der Waals surface area contributed by atoms with Gasteiger partial charge in [-0.2, -0.15) is 0 Å². The van der Waals surface area contributed by atoms with Gasteiger partial charge in [0.15, 0.2) is 0 Å². The van der Waals surface area contributed by atoms with Crippen molar-refractivity contribution in [1.82, 2.24) is 5.16 Å². The van der Waals surface area contributed by atoms with Gasteiger partial charge in [-0.25, -0.2) is 0 Å². The van der Waals surface area contributed by atoms with Crippen LogP contribution in [0.25, 0.3) is 0 Å². The number of nitrogens with zero attached hydrogens (tertiary/aromatic N) is 1. The van der Waals surface area contributed by atoms with E-state index < -0.39 is 0 Å². The van der Waals surface area contributed by atoms with Crippen LogP contribution in [0.5, 0.6) is 0 Å². The van der Waals surface area contributed by atoms with Crippen LogP contribution in [0.1, 0.15) is 12.7 Å². The maximum Gasteiger partial charge on any atom is 0.140 e. The average molecular weight is 123 g/mol. The van der Waals surface area contributed by atoms with Crippen LogP contribution in [-0.4, -0.2) is 5.16 Å². The molecule has 0 bridgehead atoms. The second-order valence-corrected chi connectivity index (χ2v) is 1.75. The van der Waals surface area contributed by atoms with Crippen molar-refractivity contribution in [3.63, 3.8) is 0 Å². The molecule has 0 aliphatic rings. The average Bonchev–Trinajstić information content (AvgIpc) is 2.34. The topological polar surface area (TPSA) is 26.0 Å². The minimum Gasteiger partial charge on any atom is -0.361 e. The summed E-state index contributed by atoms with van der Waals surface area (Å²) in [5.74, 6) is 0.910. The van der Waals surface area contributed by atoms with Gasteiger partial charge in [-0.15, -0.1) is 0 Å². The molecule has 0 amide bonds. The smallest absolute Gasteiger partial charge is 0.140 e. The summed E-state index contributed by atoms with van der Waals surface area (Å²) in [5.41, 5.74) is 0. The van der Waals surface area contributed by atoms with E-state index in [0.717, 1.165) is 12.2 Å². The van der Waals surface area contributed by atoms with Gasteiger partial charge in [-0.3, -0.25) is 0 Å². The van der Waals surface area contributed by atoms with Crippen molar-refractivity contribution in [1.29, 1.82) is 0 Å². The summed E-state index contributed by atoms with van der Waals surface area (Å²) in [6.45, 7) is 1.98. The van der Waals surface area contributed by atoms with Crippen LogP contribution in [0.2, 0.25) is 0 Å². The number of allylic oxidation sites excluding steroid dienone is 2. The zero-order chi connectivity index (χ0) is 6.53. The molecule has 0 N–H and O–H groups in total. The van der Waals surface area contributed by atoms with Crippen LogP contribution < -0.4 is 0 Å². The number of hydrogen-bond donors (Lipinski definition) is 0. The summed E-state index contributed by atoms with van der Waals surface area (Å²) in [4.78, 5) is 0. The molecule has 0 saturated heterocycles. The molecular formula is C7H9NO. The van der Waals surface area contributed by atoms with Gasteiger partial charge < -0.3 is 4.52 Å². The van der Waals surface area contributed by atoms with Gasteiger partial charge in [0.05, 0.1) is 6.20 Å². The molecule has 1 heterocycles. The van der Waals surface area contributed by atoms with Crippen LogP contribution in [-0.2, 0) is 6.42 Å².